The lowest BCUT2D eigenvalue weighted by Crippen LogP contribution is -2.30. The lowest BCUT2D eigenvalue weighted by molar-refractivity contribution is 0.345. The van der Waals surface area contributed by atoms with Gasteiger partial charge in [-0.05, 0) is 96.8 Å². The van der Waals surface area contributed by atoms with Crippen LogP contribution in [0.5, 0.6) is 23.0 Å². The first-order valence-corrected chi connectivity index (χ1v) is 12.7. The molecule has 4 nitrogen and oxygen atoms in total. The Morgan fingerprint density at radius 1 is 0.417 bits per heavy atom. The SMILES string of the molecule is Oc1ccc(C2(c3ccc(O)cc3)CCCCC2)cc1.Oc1ccc(S)cc1.Oc1ccc(S)cc1. The number of rotatable bonds is 2. The molecular weight excluding hydrogens is 488 g/mol. The van der Waals surface area contributed by atoms with Gasteiger partial charge in [-0.1, -0.05) is 43.5 Å². The summed E-state index contributed by atoms with van der Waals surface area (Å²) in [5.74, 6) is 1.18. The van der Waals surface area contributed by atoms with Crippen LogP contribution in [0.15, 0.2) is 107 Å². The van der Waals surface area contributed by atoms with Gasteiger partial charge in [0.1, 0.15) is 23.0 Å². The van der Waals surface area contributed by atoms with E-state index in [1.807, 2.05) is 24.3 Å². The van der Waals surface area contributed by atoms with Gasteiger partial charge < -0.3 is 20.4 Å². The molecule has 188 valence electrons. The van der Waals surface area contributed by atoms with Crippen molar-refractivity contribution in [3.63, 3.8) is 0 Å². The van der Waals surface area contributed by atoms with E-state index in [0.29, 0.717) is 11.5 Å². The van der Waals surface area contributed by atoms with Crippen molar-refractivity contribution in [1.82, 2.24) is 0 Å². The average Bonchev–Trinajstić information content (AvgIpc) is 2.89. The fourth-order valence-electron chi connectivity index (χ4n) is 4.37. The Morgan fingerprint density at radius 2 is 0.694 bits per heavy atom. The number of phenols is 4. The van der Waals surface area contributed by atoms with E-state index in [1.54, 1.807) is 72.8 Å². The number of hydrogen-bond donors (Lipinski definition) is 6. The minimum atomic E-state index is 0.0274. The van der Waals surface area contributed by atoms with E-state index in [9.17, 15) is 10.2 Å². The molecule has 0 bridgehead atoms. The minimum Gasteiger partial charge on any atom is -0.508 e. The lowest BCUT2D eigenvalue weighted by atomic mass is 9.65. The minimum absolute atomic E-state index is 0.0274. The standard InChI is InChI=1S/C18H20O2.2C6H6OS/c19-16-8-4-14(5-9-16)18(12-2-1-3-13-18)15-6-10-17(20)11-7-15;2*7-5-1-3-6(8)4-2-5/h4-11,19-20H,1-3,12-13H2;2*1-4,7-8H. The van der Waals surface area contributed by atoms with E-state index in [1.165, 1.54) is 30.4 Å². The normalized spacial score (nSPS) is 13.9. The van der Waals surface area contributed by atoms with Gasteiger partial charge in [0.2, 0.25) is 0 Å². The molecule has 0 atom stereocenters. The van der Waals surface area contributed by atoms with E-state index in [-0.39, 0.29) is 16.9 Å². The molecule has 4 N–H and O–H groups in total. The topological polar surface area (TPSA) is 80.9 Å². The number of thiol groups is 2. The Bertz CT molecular complexity index is 1050. The van der Waals surface area contributed by atoms with E-state index in [4.69, 9.17) is 10.2 Å². The Hall–Kier alpha value is -3.22. The second-order valence-corrected chi connectivity index (χ2v) is 9.80. The van der Waals surface area contributed by atoms with E-state index >= 15 is 0 Å². The summed E-state index contributed by atoms with van der Waals surface area (Å²) in [5, 5.41) is 36.5. The van der Waals surface area contributed by atoms with Crippen LogP contribution in [-0.4, -0.2) is 20.4 Å². The molecule has 1 saturated carbocycles. The lowest BCUT2D eigenvalue weighted by Gasteiger charge is -2.38. The first kappa shape index (κ1) is 27.4. The van der Waals surface area contributed by atoms with Crippen molar-refractivity contribution in [3.8, 4) is 23.0 Å². The van der Waals surface area contributed by atoms with Crippen LogP contribution in [0.25, 0.3) is 0 Å². The van der Waals surface area contributed by atoms with Gasteiger partial charge in [-0.25, -0.2) is 0 Å². The molecule has 0 amide bonds. The molecule has 1 fully saturated rings. The van der Waals surface area contributed by atoms with Gasteiger partial charge in [0.05, 0.1) is 0 Å². The molecule has 6 heteroatoms. The van der Waals surface area contributed by atoms with Crippen molar-refractivity contribution < 1.29 is 20.4 Å². The summed E-state index contributed by atoms with van der Waals surface area (Å²) in [5.41, 5.74) is 2.56. The van der Waals surface area contributed by atoms with Gasteiger partial charge in [-0.15, -0.1) is 25.3 Å². The number of hydrogen-bond acceptors (Lipinski definition) is 6. The second kappa shape index (κ2) is 13.2. The number of phenolic OH excluding ortho intramolecular Hbond substituents is 4. The zero-order valence-electron chi connectivity index (χ0n) is 20.0. The summed E-state index contributed by atoms with van der Waals surface area (Å²) < 4.78 is 0. The van der Waals surface area contributed by atoms with Crippen LogP contribution >= 0.6 is 25.3 Å². The van der Waals surface area contributed by atoms with E-state index < -0.39 is 0 Å². The molecule has 0 aromatic heterocycles. The summed E-state index contributed by atoms with van der Waals surface area (Å²) in [4.78, 5) is 1.73. The molecule has 0 heterocycles. The third kappa shape index (κ3) is 7.90. The first-order valence-electron chi connectivity index (χ1n) is 11.8. The summed E-state index contributed by atoms with van der Waals surface area (Å²) in [7, 11) is 0. The van der Waals surface area contributed by atoms with Gasteiger partial charge in [0.15, 0.2) is 0 Å². The van der Waals surface area contributed by atoms with Crippen molar-refractivity contribution in [1.29, 1.82) is 0 Å². The first-order chi connectivity index (χ1) is 17.3. The van der Waals surface area contributed by atoms with Gasteiger partial charge in [0, 0.05) is 15.2 Å². The Morgan fingerprint density at radius 3 is 0.972 bits per heavy atom. The molecule has 4 aromatic carbocycles. The van der Waals surface area contributed by atoms with Crippen LogP contribution < -0.4 is 0 Å². The smallest absolute Gasteiger partial charge is 0.115 e. The van der Waals surface area contributed by atoms with Crippen molar-refractivity contribution in [2.24, 2.45) is 0 Å². The Labute approximate surface area is 223 Å². The monoisotopic (exact) mass is 520 g/mol. The van der Waals surface area contributed by atoms with Crippen molar-refractivity contribution >= 4 is 25.3 Å². The molecule has 0 spiro atoms. The zero-order valence-corrected chi connectivity index (χ0v) is 21.7. The van der Waals surface area contributed by atoms with Gasteiger partial charge in [-0.2, -0.15) is 0 Å². The van der Waals surface area contributed by atoms with E-state index in [2.05, 4.69) is 25.3 Å². The summed E-state index contributed by atoms with van der Waals surface area (Å²) in [6.07, 6.45) is 5.99. The molecule has 5 rings (SSSR count). The average molecular weight is 521 g/mol. The third-order valence-corrected chi connectivity index (χ3v) is 6.84. The van der Waals surface area contributed by atoms with Crippen LogP contribution in [0.1, 0.15) is 43.2 Å². The Kier molecular flexibility index (Phi) is 10.0. The molecule has 0 saturated heterocycles. The molecule has 4 aromatic rings. The van der Waals surface area contributed by atoms with Crippen molar-refractivity contribution in [2.75, 3.05) is 0 Å². The largest absolute Gasteiger partial charge is 0.508 e. The maximum absolute atomic E-state index is 9.51. The maximum atomic E-state index is 9.51. The predicted molar refractivity (Wildman–Crippen MR) is 151 cm³/mol. The number of benzene rings is 4. The van der Waals surface area contributed by atoms with Crippen LogP contribution in [0.4, 0.5) is 0 Å². The van der Waals surface area contributed by atoms with Crippen LogP contribution in [-0.2, 0) is 5.41 Å². The van der Waals surface area contributed by atoms with Gasteiger partial charge >= 0.3 is 0 Å². The van der Waals surface area contributed by atoms with E-state index in [0.717, 1.165) is 22.6 Å². The Balaban J connectivity index is 0.000000185. The summed E-state index contributed by atoms with van der Waals surface area (Å²) in [6.45, 7) is 0. The molecule has 36 heavy (non-hydrogen) atoms. The predicted octanol–water partition coefficient (Wildman–Crippen LogP) is 7.71. The third-order valence-electron chi connectivity index (χ3n) is 6.25. The highest BCUT2D eigenvalue weighted by Crippen LogP contribution is 2.45. The zero-order chi connectivity index (χ0) is 26.0. The van der Waals surface area contributed by atoms with Gasteiger partial charge in [-0.3, -0.25) is 0 Å². The fraction of sp³-hybridized carbons (Fsp3) is 0.200. The van der Waals surface area contributed by atoms with Gasteiger partial charge in [0.25, 0.3) is 0 Å². The molecule has 1 aliphatic rings. The molecular formula is C30H32O4S2. The van der Waals surface area contributed by atoms with Crippen molar-refractivity contribution in [3.05, 3.63) is 108 Å². The quantitative estimate of drug-likeness (QED) is 0.153. The maximum Gasteiger partial charge on any atom is 0.115 e. The fourth-order valence-corrected chi connectivity index (χ4v) is 4.66. The molecule has 1 aliphatic carbocycles. The second-order valence-electron chi connectivity index (χ2n) is 8.77. The molecule has 0 aliphatic heterocycles. The summed E-state index contributed by atoms with van der Waals surface area (Å²) >= 11 is 8.04. The number of aromatic hydroxyl groups is 4. The highest BCUT2D eigenvalue weighted by molar-refractivity contribution is 7.80. The van der Waals surface area contributed by atoms with Crippen LogP contribution in [0.3, 0.4) is 0 Å². The van der Waals surface area contributed by atoms with Crippen LogP contribution in [0.2, 0.25) is 0 Å². The highest BCUT2D eigenvalue weighted by atomic mass is 32.1. The van der Waals surface area contributed by atoms with Crippen LogP contribution in [0, 0.1) is 0 Å². The summed E-state index contributed by atoms with van der Waals surface area (Å²) in [6, 6.07) is 28.6. The molecule has 0 unspecified atom stereocenters. The van der Waals surface area contributed by atoms with Crippen molar-refractivity contribution in [2.45, 2.75) is 47.3 Å². The molecule has 0 radical (unpaired) electrons. The highest BCUT2D eigenvalue weighted by Gasteiger charge is 2.35.